The molecule has 0 aliphatic carbocycles. The Kier molecular flexibility index (Phi) is 5.18. The molecule has 0 N–H and O–H groups in total. The molecule has 0 amide bonds. The summed E-state index contributed by atoms with van der Waals surface area (Å²) < 4.78 is 0. The average Bonchev–Trinajstić information content (AvgIpc) is 2.57. The molecule has 1 nitrogen and oxygen atoms in total. The van der Waals surface area contributed by atoms with E-state index in [-0.39, 0.29) is 0 Å². The van der Waals surface area contributed by atoms with E-state index in [1.165, 1.54) is 35.2 Å². The molecule has 0 saturated carbocycles. The third-order valence-corrected chi connectivity index (χ3v) is 9.47. The van der Waals surface area contributed by atoms with Crippen LogP contribution in [0, 0.1) is 0 Å². The summed E-state index contributed by atoms with van der Waals surface area (Å²) in [5.41, 5.74) is 0. The number of benzene rings is 2. The van der Waals surface area contributed by atoms with Gasteiger partial charge in [-0.25, -0.2) is 0 Å². The molecule has 1 heterocycles. The summed E-state index contributed by atoms with van der Waals surface area (Å²) in [4.78, 5) is 2.57. The quantitative estimate of drug-likeness (QED) is 0.792. The lowest BCUT2D eigenvalue weighted by atomic mass is 10.4. The van der Waals surface area contributed by atoms with Crippen molar-refractivity contribution in [1.29, 1.82) is 0 Å². The van der Waals surface area contributed by atoms with Gasteiger partial charge in [0.05, 0.1) is 0 Å². The highest BCUT2D eigenvalue weighted by atomic mass is 32.4. The molecule has 21 heavy (non-hydrogen) atoms. The fraction of sp³-hybridized carbons (Fsp3) is 0.294. The van der Waals surface area contributed by atoms with Crippen molar-refractivity contribution in [2.24, 2.45) is 0 Å². The molecule has 2 aromatic carbocycles. The predicted molar refractivity (Wildman–Crippen MR) is 100 cm³/mol. The van der Waals surface area contributed by atoms with E-state index in [2.05, 4.69) is 77.3 Å². The topological polar surface area (TPSA) is 3.24 Å². The zero-order valence-electron chi connectivity index (χ0n) is 12.0. The predicted octanol–water partition coefficient (Wildman–Crippen LogP) is 3.12. The van der Waals surface area contributed by atoms with Crippen LogP contribution >= 0.6 is 17.8 Å². The second-order valence-corrected chi connectivity index (χ2v) is 11.2. The number of hydrogen-bond acceptors (Lipinski definition) is 3. The molecule has 0 unspecified atom stereocenters. The monoisotopic (exact) mass is 333 g/mol. The van der Waals surface area contributed by atoms with Gasteiger partial charge in [-0.15, -0.1) is 0 Å². The fourth-order valence-corrected chi connectivity index (χ4v) is 7.65. The van der Waals surface area contributed by atoms with Gasteiger partial charge >= 0.3 is 0 Å². The summed E-state index contributed by atoms with van der Waals surface area (Å²) in [7, 11) is 0. The summed E-state index contributed by atoms with van der Waals surface area (Å²) >= 11 is 8.33. The van der Waals surface area contributed by atoms with Crippen LogP contribution in [0.25, 0.3) is 0 Å². The lowest BCUT2D eigenvalue weighted by Gasteiger charge is -2.33. The molecule has 0 radical (unpaired) electrons. The van der Waals surface area contributed by atoms with Crippen LogP contribution in [-0.4, -0.2) is 35.8 Å². The normalized spacial score (nSPS) is 16.8. The van der Waals surface area contributed by atoms with Crippen molar-refractivity contribution in [2.75, 3.05) is 30.9 Å². The third kappa shape index (κ3) is 3.60. The minimum atomic E-state index is -1.74. The number of thioether (sulfide) groups is 1. The standard InChI is InChI=1S/C17H20NPS2/c20-19(16-7-3-1-4-8-16,17-9-5-2-6-10-17)15-18-11-13-21-14-12-18/h1-10H,11-15H2. The van der Waals surface area contributed by atoms with Crippen LogP contribution in [0.5, 0.6) is 0 Å². The number of rotatable bonds is 4. The molecule has 110 valence electrons. The largest absolute Gasteiger partial charge is 0.296 e. The minimum absolute atomic E-state index is 1.02. The zero-order chi connectivity index (χ0) is 14.5. The lowest BCUT2D eigenvalue weighted by molar-refractivity contribution is 0.354. The molecule has 1 aliphatic rings. The van der Waals surface area contributed by atoms with E-state index < -0.39 is 6.04 Å². The van der Waals surface area contributed by atoms with Gasteiger partial charge in [0.25, 0.3) is 0 Å². The molecule has 0 atom stereocenters. The van der Waals surface area contributed by atoms with E-state index >= 15 is 0 Å². The molecule has 3 rings (SSSR count). The van der Waals surface area contributed by atoms with Crippen LogP contribution in [0.4, 0.5) is 0 Å². The smallest absolute Gasteiger partial charge is 0.0352 e. The van der Waals surface area contributed by atoms with Crippen molar-refractivity contribution in [2.45, 2.75) is 0 Å². The first-order chi connectivity index (χ1) is 10.3. The Morgan fingerprint density at radius 1 is 0.857 bits per heavy atom. The molecule has 1 fully saturated rings. The maximum Gasteiger partial charge on any atom is 0.0352 e. The van der Waals surface area contributed by atoms with Crippen LogP contribution in [-0.2, 0) is 11.8 Å². The van der Waals surface area contributed by atoms with Crippen LogP contribution in [0.2, 0.25) is 0 Å². The molecule has 0 spiro atoms. The first kappa shape index (κ1) is 15.3. The fourth-order valence-electron chi connectivity index (χ4n) is 2.67. The van der Waals surface area contributed by atoms with Crippen molar-refractivity contribution in [3.8, 4) is 0 Å². The van der Waals surface area contributed by atoms with Gasteiger partial charge < -0.3 is 0 Å². The maximum absolute atomic E-state index is 6.28. The molecule has 4 heteroatoms. The summed E-state index contributed by atoms with van der Waals surface area (Å²) in [6.07, 6.45) is 1.02. The summed E-state index contributed by atoms with van der Waals surface area (Å²) in [6.45, 7) is 2.34. The highest BCUT2D eigenvalue weighted by molar-refractivity contribution is 8.21. The SMILES string of the molecule is S=P(CN1CCSCC1)(c1ccccc1)c1ccccc1. The van der Waals surface area contributed by atoms with Crippen molar-refractivity contribution < 1.29 is 0 Å². The Labute approximate surface area is 136 Å². The summed E-state index contributed by atoms with van der Waals surface area (Å²) in [5.74, 6) is 2.47. The van der Waals surface area contributed by atoms with Gasteiger partial charge in [-0.2, -0.15) is 11.8 Å². The van der Waals surface area contributed by atoms with Gasteiger partial charge in [-0.1, -0.05) is 72.5 Å². The van der Waals surface area contributed by atoms with E-state index in [0.29, 0.717) is 0 Å². The highest BCUT2D eigenvalue weighted by Crippen LogP contribution is 2.44. The van der Waals surface area contributed by atoms with Gasteiger partial charge in [0, 0.05) is 36.9 Å². The second-order valence-electron chi connectivity index (χ2n) is 5.28. The molecular weight excluding hydrogens is 313 g/mol. The van der Waals surface area contributed by atoms with Gasteiger partial charge in [0.1, 0.15) is 0 Å². The Bertz CT molecular complexity index is 566. The Morgan fingerprint density at radius 3 is 1.81 bits per heavy atom. The summed E-state index contributed by atoms with van der Waals surface area (Å²) in [5, 5.41) is 2.67. The van der Waals surface area contributed by atoms with Crippen molar-refractivity contribution >= 4 is 40.2 Å². The van der Waals surface area contributed by atoms with Gasteiger partial charge in [-0.3, -0.25) is 4.90 Å². The Balaban J connectivity index is 1.96. The first-order valence-electron chi connectivity index (χ1n) is 7.29. The minimum Gasteiger partial charge on any atom is -0.296 e. The van der Waals surface area contributed by atoms with E-state index in [0.717, 1.165) is 6.29 Å². The molecule has 0 bridgehead atoms. The van der Waals surface area contributed by atoms with Crippen molar-refractivity contribution in [3.63, 3.8) is 0 Å². The summed E-state index contributed by atoms with van der Waals surface area (Å²) in [6, 6.07) is 19.7. The first-order valence-corrected chi connectivity index (χ1v) is 11.4. The van der Waals surface area contributed by atoms with Crippen molar-refractivity contribution in [1.82, 2.24) is 4.90 Å². The van der Waals surface area contributed by atoms with Crippen LogP contribution in [0.1, 0.15) is 0 Å². The van der Waals surface area contributed by atoms with Gasteiger partial charge in [0.2, 0.25) is 0 Å². The van der Waals surface area contributed by atoms with Crippen molar-refractivity contribution in [3.05, 3.63) is 60.7 Å². The molecule has 2 aromatic rings. The average molecular weight is 333 g/mol. The maximum atomic E-state index is 6.28. The molecular formula is C17H20NPS2. The lowest BCUT2D eigenvalue weighted by Crippen LogP contribution is -2.36. The third-order valence-electron chi connectivity index (χ3n) is 3.85. The van der Waals surface area contributed by atoms with E-state index in [1.54, 1.807) is 0 Å². The van der Waals surface area contributed by atoms with Gasteiger partial charge in [0.15, 0.2) is 0 Å². The molecule has 1 aliphatic heterocycles. The van der Waals surface area contributed by atoms with E-state index in [4.69, 9.17) is 11.8 Å². The van der Waals surface area contributed by atoms with Crippen LogP contribution < -0.4 is 10.6 Å². The second kappa shape index (κ2) is 7.11. The number of hydrogen-bond donors (Lipinski definition) is 0. The molecule has 1 saturated heterocycles. The van der Waals surface area contributed by atoms with Crippen LogP contribution in [0.15, 0.2) is 60.7 Å². The highest BCUT2D eigenvalue weighted by Gasteiger charge is 2.25. The van der Waals surface area contributed by atoms with E-state index in [1.807, 2.05) is 0 Å². The zero-order valence-corrected chi connectivity index (χ0v) is 14.5. The van der Waals surface area contributed by atoms with Crippen LogP contribution in [0.3, 0.4) is 0 Å². The number of nitrogens with zero attached hydrogens (tertiary/aromatic N) is 1. The Hall–Kier alpha value is -0.600. The Morgan fingerprint density at radius 2 is 1.33 bits per heavy atom. The van der Waals surface area contributed by atoms with Gasteiger partial charge in [-0.05, 0) is 10.6 Å². The molecule has 0 aromatic heterocycles. The van der Waals surface area contributed by atoms with E-state index in [9.17, 15) is 0 Å².